The maximum atomic E-state index is 11.5. The van der Waals surface area contributed by atoms with Gasteiger partial charge in [-0.05, 0) is 42.8 Å². The van der Waals surface area contributed by atoms with Gasteiger partial charge in [0, 0.05) is 5.39 Å². The largest absolute Gasteiger partial charge is 0.493 e. The second-order valence-electron chi connectivity index (χ2n) is 5.59. The smallest absolute Gasteiger partial charge is 0.336 e. The Morgan fingerprint density at radius 2 is 1.92 bits per heavy atom. The minimum Gasteiger partial charge on any atom is -0.493 e. The highest BCUT2D eigenvalue weighted by Gasteiger charge is 2.10. The van der Waals surface area contributed by atoms with Crippen LogP contribution in [0.25, 0.3) is 23.1 Å². The number of carbonyl (C=O) groups is 1. The molecule has 26 heavy (non-hydrogen) atoms. The summed E-state index contributed by atoms with van der Waals surface area (Å²) in [6, 6.07) is 14.4. The van der Waals surface area contributed by atoms with Gasteiger partial charge in [-0.2, -0.15) is 0 Å². The van der Waals surface area contributed by atoms with Gasteiger partial charge in [0.25, 0.3) is 0 Å². The molecular formula is C21H19NO4. The van der Waals surface area contributed by atoms with Gasteiger partial charge in [-0.25, -0.2) is 9.78 Å². The number of methoxy groups -OCH3 is 1. The minimum atomic E-state index is -0.971. The molecule has 0 saturated carbocycles. The van der Waals surface area contributed by atoms with Crippen LogP contribution in [0.1, 0.15) is 28.5 Å². The number of nitrogens with zero attached hydrogens (tertiary/aromatic N) is 1. The lowest BCUT2D eigenvalue weighted by molar-refractivity contribution is 0.0699. The standard InChI is InChI=1S/C21H19NO4/c1-3-26-19-11-9-14(12-20(19)25-2)8-10-15-13-17(21(23)24)16-6-4-5-7-18(16)22-15/h4-13H,3H2,1-2H3,(H,23,24)/b10-8+. The van der Waals surface area contributed by atoms with E-state index in [1.54, 1.807) is 37.5 Å². The summed E-state index contributed by atoms with van der Waals surface area (Å²) in [4.78, 5) is 16.1. The Morgan fingerprint density at radius 3 is 2.65 bits per heavy atom. The number of aromatic nitrogens is 1. The van der Waals surface area contributed by atoms with Gasteiger partial charge in [0.2, 0.25) is 0 Å². The molecule has 1 N–H and O–H groups in total. The Kier molecular flexibility index (Phi) is 5.17. The molecule has 0 aliphatic rings. The molecule has 3 aromatic rings. The highest BCUT2D eigenvalue weighted by molar-refractivity contribution is 6.03. The minimum absolute atomic E-state index is 0.236. The molecule has 0 amide bonds. The quantitative estimate of drug-likeness (QED) is 0.709. The normalized spacial score (nSPS) is 11.0. The highest BCUT2D eigenvalue weighted by atomic mass is 16.5. The van der Waals surface area contributed by atoms with Gasteiger partial charge in [0.05, 0.1) is 30.5 Å². The third-order valence-corrected chi connectivity index (χ3v) is 3.90. The molecule has 0 aliphatic carbocycles. The summed E-state index contributed by atoms with van der Waals surface area (Å²) in [5, 5.41) is 10.1. The van der Waals surface area contributed by atoms with Crippen LogP contribution in [0.4, 0.5) is 0 Å². The van der Waals surface area contributed by atoms with Crippen LogP contribution in [0.3, 0.4) is 0 Å². The number of hydrogen-bond donors (Lipinski definition) is 1. The Morgan fingerprint density at radius 1 is 1.12 bits per heavy atom. The van der Waals surface area contributed by atoms with Crippen molar-refractivity contribution >= 4 is 29.0 Å². The lowest BCUT2D eigenvalue weighted by Crippen LogP contribution is -2.00. The number of rotatable bonds is 6. The summed E-state index contributed by atoms with van der Waals surface area (Å²) < 4.78 is 10.9. The van der Waals surface area contributed by atoms with E-state index in [0.717, 1.165) is 5.56 Å². The number of carboxylic acid groups (broad SMARTS) is 1. The molecule has 0 atom stereocenters. The molecule has 0 radical (unpaired) electrons. The number of fused-ring (bicyclic) bond motifs is 1. The Bertz CT molecular complexity index is 979. The van der Waals surface area contributed by atoms with Crippen LogP contribution in [0.2, 0.25) is 0 Å². The SMILES string of the molecule is CCOc1ccc(/C=C/c2cc(C(=O)O)c3ccccc3n2)cc1OC. The molecule has 132 valence electrons. The maximum absolute atomic E-state index is 11.5. The monoisotopic (exact) mass is 349 g/mol. The lowest BCUT2D eigenvalue weighted by atomic mass is 10.1. The number of pyridine rings is 1. The van der Waals surface area contributed by atoms with Crippen LogP contribution in [-0.2, 0) is 0 Å². The molecule has 0 fully saturated rings. The van der Waals surface area contributed by atoms with Gasteiger partial charge >= 0.3 is 5.97 Å². The van der Waals surface area contributed by atoms with Crippen LogP contribution in [0.5, 0.6) is 11.5 Å². The number of para-hydroxylation sites is 1. The molecule has 5 nitrogen and oxygen atoms in total. The first-order valence-electron chi connectivity index (χ1n) is 8.24. The predicted octanol–water partition coefficient (Wildman–Crippen LogP) is 4.51. The Labute approximate surface area is 151 Å². The number of ether oxygens (including phenoxy) is 2. The second kappa shape index (κ2) is 7.70. The fourth-order valence-corrected chi connectivity index (χ4v) is 2.70. The Balaban J connectivity index is 1.97. The van der Waals surface area contributed by atoms with Gasteiger partial charge < -0.3 is 14.6 Å². The lowest BCUT2D eigenvalue weighted by Gasteiger charge is -2.09. The number of hydrogen-bond acceptors (Lipinski definition) is 4. The second-order valence-corrected chi connectivity index (χ2v) is 5.59. The number of aromatic carboxylic acids is 1. The maximum Gasteiger partial charge on any atom is 0.336 e. The van der Waals surface area contributed by atoms with E-state index in [9.17, 15) is 9.90 Å². The van der Waals surface area contributed by atoms with E-state index in [2.05, 4.69) is 4.98 Å². The van der Waals surface area contributed by atoms with Gasteiger partial charge in [-0.1, -0.05) is 30.3 Å². The summed E-state index contributed by atoms with van der Waals surface area (Å²) in [7, 11) is 1.59. The molecule has 1 aromatic heterocycles. The highest BCUT2D eigenvalue weighted by Crippen LogP contribution is 2.29. The first kappa shape index (κ1) is 17.5. The van der Waals surface area contributed by atoms with Gasteiger partial charge in [0.15, 0.2) is 11.5 Å². The van der Waals surface area contributed by atoms with Crippen molar-refractivity contribution < 1.29 is 19.4 Å². The zero-order chi connectivity index (χ0) is 18.5. The van der Waals surface area contributed by atoms with E-state index < -0.39 is 5.97 Å². The van der Waals surface area contributed by atoms with E-state index in [0.29, 0.717) is 34.7 Å². The van der Waals surface area contributed by atoms with E-state index in [4.69, 9.17) is 9.47 Å². The van der Waals surface area contributed by atoms with Crippen LogP contribution in [-0.4, -0.2) is 29.8 Å². The summed E-state index contributed by atoms with van der Waals surface area (Å²) in [5.74, 6) is 0.358. The predicted molar refractivity (Wildman–Crippen MR) is 102 cm³/mol. The van der Waals surface area contributed by atoms with Crippen LogP contribution in [0.15, 0.2) is 48.5 Å². The molecule has 1 heterocycles. The fraction of sp³-hybridized carbons (Fsp3) is 0.143. The molecular weight excluding hydrogens is 330 g/mol. The summed E-state index contributed by atoms with van der Waals surface area (Å²) in [6.45, 7) is 2.48. The zero-order valence-electron chi connectivity index (χ0n) is 14.6. The number of benzene rings is 2. The first-order chi connectivity index (χ1) is 12.6. The van der Waals surface area contributed by atoms with Crippen LogP contribution >= 0.6 is 0 Å². The van der Waals surface area contributed by atoms with E-state index in [1.807, 2.05) is 37.3 Å². The molecule has 0 unspecified atom stereocenters. The molecule has 0 spiro atoms. The van der Waals surface area contributed by atoms with Gasteiger partial charge in [-0.15, -0.1) is 0 Å². The summed E-state index contributed by atoms with van der Waals surface area (Å²) >= 11 is 0. The van der Waals surface area contributed by atoms with E-state index in [1.165, 1.54) is 0 Å². The van der Waals surface area contributed by atoms with Crippen molar-refractivity contribution in [1.29, 1.82) is 0 Å². The third-order valence-electron chi connectivity index (χ3n) is 3.90. The van der Waals surface area contributed by atoms with Crippen LogP contribution in [0, 0.1) is 0 Å². The van der Waals surface area contributed by atoms with Gasteiger partial charge in [0.1, 0.15) is 0 Å². The summed E-state index contributed by atoms with van der Waals surface area (Å²) in [5.41, 5.74) is 2.36. The molecule has 3 rings (SSSR count). The molecule has 2 aromatic carbocycles. The topological polar surface area (TPSA) is 68.7 Å². The average molecular weight is 349 g/mol. The van der Waals surface area contributed by atoms with Crippen molar-refractivity contribution in [3.05, 3.63) is 65.4 Å². The van der Waals surface area contributed by atoms with Crippen molar-refractivity contribution in [3.8, 4) is 11.5 Å². The number of carboxylic acids is 1. The van der Waals surface area contributed by atoms with Crippen LogP contribution < -0.4 is 9.47 Å². The fourth-order valence-electron chi connectivity index (χ4n) is 2.70. The van der Waals surface area contributed by atoms with Crippen molar-refractivity contribution in [3.63, 3.8) is 0 Å². The molecule has 0 aliphatic heterocycles. The van der Waals surface area contributed by atoms with Gasteiger partial charge in [-0.3, -0.25) is 0 Å². The van der Waals surface area contributed by atoms with E-state index >= 15 is 0 Å². The molecule has 5 heteroatoms. The first-order valence-corrected chi connectivity index (χ1v) is 8.24. The Hall–Kier alpha value is -3.34. The van der Waals surface area contributed by atoms with E-state index in [-0.39, 0.29) is 5.56 Å². The molecule has 0 saturated heterocycles. The molecule has 0 bridgehead atoms. The van der Waals surface area contributed by atoms with Crippen molar-refractivity contribution in [2.24, 2.45) is 0 Å². The summed E-state index contributed by atoms with van der Waals surface area (Å²) in [6.07, 6.45) is 3.65. The third kappa shape index (κ3) is 3.67. The average Bonchev–Trinajstić information content (AvgIpc) is 2.66. The van der Waals surface area contributed by atoms with Crippen molar-refractivity contribution in [2.45, 2.75) is 6.92 Å². The van der Waals surface area contributed by atoms with Crippen molar-refractivity contribution in [1.82, 2.24) is 4.98 Å². The van der Waals surface area contributed by atoms with Crippen molar-refractivity contribution in [2.75, 3.05) is 13.7 Å². The zero-order valence-corrected chi connectivity index (χ0v) is 14.6.